The fourth-order valence-corrected chi connectivity index (χ4v) is 4.15. The van der Waals surface area contributed by atoms with Crippen LogP contribution in [0.25, 0.3) is 10.9 Å². The first-order valence-electron chi connectivity index (χ1n) is 9.95. The van der Waals surface area contributed by atoms with E-state index in [9.17, 15) is 18.0 Å². The van der Waals surface area contributed by atoms with Crippen molar-refractivity contribution in [2.75, 3.05) is 5.32 Å². The topological polar surface area (TPSA) is 82.7 Å². The molecule has 2 heterocycles. The summed E-state index contributed by atoms with van der Waals surface area (Å²) in [5.74, 6) is -0.211. The zero-order valence-corrected chi connectivity index (χ0v) is 17.4. The number of amides is 1. The number of benzene rings is 1. The summed E-state index contributed by atoms with van der Waals surface area (Å²) in [6.45, 7) is 1.77. The van der Waals surface area contributed by atoms with Crippen LogP contribution in [0.4, 0.5) is 18.9 Å². The maximum absolute atomic E-state index is 13.4. The molecule has 1 aromatic carbocycles. The van der Waals surface area contributed by atoms with E-state index in [-0.39, 0.29) is 23.5 Å². The molecule has 6 nitrogen and oxygen atoms in total. The number of aromatic amines is 1. The molecule has 0 radical (unpaired) electrons. The number of H-pyrrole nitrogens is 1. The predicted molar refractivity (Wildman–Crippen MR) is 112 cm³/mol. The number of carbonyl (C=O) groups excluding carboxylic acids is 1. The smallest absolute Gasteiger partial charge is 0.382 e. The highest BCUT2D eigenvalue weighted by molar-refractivity contribution is 6.31. The Labute approximate surface area is 181 Å². The molecule has 0 aliphatic heterocycles. The minimum atomic E-state index is -4.56. The molecular formula is C21H21ClF3N5O. The van der Waals surface area contributed by atoms with E-state index < -0.39 is 11.9 Å². The van der Waals surface area contributed by atoms with Crippen molar-refractivity contribution in [2.45, 2.75) is 50.9 Å². The first-order chi connectivity index (χ1) is 14.7. The zero-order chi connectivity index (χ0) is 22.2. The molecule has 0 spiro atoms. The SMILES string of the molecule is Cc1[nH]ncc1C(=O)N[C@@H]1CCC[C@H](Nc2cc(C(F)(F)F)nc3ccc(Cl)cc23)C1. The van der Waals surface area contributed by atoms with Gasteiger partial charge in [-0.05, 0) is 56.9 Å². The number of aromatic nitrogens is 3. The highest BCUT2D eigenvalue weighted by Gasteiger charge is 2.34. The van der Waals surface area contributed by atoms with Crippen molar-refractivity contribution in [3.05, 3.63) is 52.4 Å². The summed E-state index contributed by atoms with van der Waals surface area (Å²) in [6, 6.07) is 5.44. The molecule has 2 atom stereocenters. The summed E-state index contributed by atoms with van der Waals surface area (Å²) >= 11 is 6.07. The molecule has 3 N–H and O–H groups in total. The molecule has 1 fully saturated rings. The van der Waals surface area contributed by atoms with Gasteiger partial charge in [-0.15, -0.1) is 0 Å². The van der Waals surface area contributed by atoms with Gasteiger partial charge >= 0.3 is 6.18 Å². The Bertz CT molecular complexity index is 1110. The molecule has 4 rings (SSSR count). The molecule has 1 amide bonds. The summed E-state index contributed by atoms with van der Waals surface area (Å²) in [4.78, 5) is 16.2. The van der Waals surface area contributed by atoms with Gasteiger partial charge in [0.2, 0.25) is 0 Å². The van der Waals surface area contributed by atoms with Crippen LogP contribution < -0.4 is 10.6 Å². The summed E-state index contributed by atoms with van der Waals surface area (Å²) in [7, 11) is 0. The van der Waals surface area contributed by atoms with Crippen LogP contribution in [0.5, 0.6) is 0 Å². The number of pyridine rings is 1. The van der Waals surface area contributed by atoms with E-state index in [1.54, 1.807) is 13.0 Å². The van der Waals surface area contributed by atoms with Gasteiger partial charge in [-0.25, -0.2) is 4.98 Å². The van der Waals surface area contributed by atoms with Crippen molar-refractivity contribution in [3.8, 4) is 0 Å². The van der Waals surface area contributed by atoms with E-state index in [1.807, 2.05) is 0 Å². The van der Waals surface area contributed by atoms with Crippen LogP contribution in [0, 0.1) is 6.92 Å². The monoisotopic (exact) mass is 451 g/mol. The second kappa shape index (κ2) is 8.37. The van der Waals surface area contributed by atoms with Crippen LogP contribution in [0.3, 0.4) is 0 Å². The van der Waals surface area contributed by atoms with Gasteiger partial charge in [0.1, 0.15) is 5.69 Å². The summed E-state index contributed by atoms with van der Waals surface area (Å²) in [5.41, 5.74) is 0.767. The number of rotatable bonds is 4. The van der Waals surface area contributed by atoms with E-state index in [0.29, 0.717) is 33.8 Å². The van der Waals surface area contributed by atoms with Crippen LogP contribution in [0.2, 0.25) is 5.02 Å². The number of hydrogen-bond donors (Lipinski definition) is 3. The number of fused-ring (bicyclic) bond motifs is 1. The van der Waals surface area contributed by atoms with E-state index in [0.717, 1.165) is 25.3 Å². The third-order valence-corrected chi connectivity index (χ3v) is 5.74. The van der Waals surface area contributed by atoms with Crippen molar-refractivity contribution < 1.29 is 18.0 Å². The van der Waals surface area contributed by atoms with Gasteiger partial charge in [-0.1, -0.05) is 11.6 Å². The Morgan fingerprint density at radius 1 is 1.23 bits per heavy atom. The van der Waals surface area contributed by atoms with Crippen LogP contribution >= 0.6 is 11.6 Å². The van der Waals surface area contributed by atoms with Crippen molar-refractivity contribution >= 4 is 34.1 Å². The molecule has 10 heteroatoms. The third kappa shape index (κ3) is 4.76. The predicted octanol–water partition coefficient (Wildman–Crippen LogP) is 5.09. The van der Waals surface area contributed by atoms with E-state index in [2.05, 4.69) is 25.8 Å². The molecule has 0 saturated heterocycles. The van der Waals surface area contributed by atoms with Crippen LogP contribution in [-0.2, 0) is 6.18 Å². The van der Waals surface area contributed by atoms with Gasteiger partial charge in [0.05, 0.1) is 17.3 Å². The Hall–Kier alpha value is -2.81. The fraction of sp³-hybridized carbons (Fsp3) is 0.381. The Morgan fingerprint density at radius 2 is 2.00 bits per heavy atom. The van der Waals surface area contributed by atoms with Crippen molar-refractivity contribution in [2.24, 2.45) is 0 Å². The highest BCUT2D eigenvalue weighted by Crippen LogP contribution is 2.35. The first kappa shape index (κ1) is 21.4. The molecule has 31 heavy (non-hydrogen) atoms. The third-order valence-electron chi connectivity index (χ3n) is 5.50. The Balaban J connectivity index is 1.55. The number of halogens is 4. The molecule has 0 unspecified atom stereocenters. The lowest BCUT2D eigenvalue weighted by Crippen LogP contribution is -2.42. The molecule has 1 aliphatic rings. The normalized spacial score (nSPS) is 19.4. The molecule has 0 bridgehead atoms. The molecule has 164 valence electrons. The molecule has 3 aromatic rings. The summed E-state index contributed by atoms with van der Waals surface area (Å²) in [5, 5.41) is 13.8. The lowest BCUT2D eigenvalue weighted by Gasteiger charge is -2.31. The number of aryl methyl sites for hydroxylation is 1. The number of nitrogens with one attached hydrogen (secondary N) is 3. The second-order valence-electron chi connectivity index (χ2n) is 7.80. The number of alkyl halides is 3. The summed E-state index contributed by atoms with van der Waals surface area (Å²) < 4.78 is 40.1. The average molecular weight is 452 g/mol. The maximum atomic E-state index is 13.4. The van der Waals surface area contributed by atoms with Crippen molar-refractivity contribution in [3.63, 3.8) is 0 Å². The van der Waals surface area contributed by atoms with Crippen LogP contribution in [0.1, 0.15) is 47.4 Å². The van der Waals surface area contributed by atoms with Crippen LogP contribution in [-0.4, -0.2) is 33.2 Å². The van der Waals surface area contributed by atoms with Gasteiger partial charge in [0.15, 0.2) is 0 Å². The van der Waals surface area contributed by atoms with Gasteiger partial charge in [-0.2, -0.15) is 18.3 Å². The Kier molecular flexibility index (Phi) is 5.79. The van der Waals surface area contributed by atoms with E-state index in [1.165, 1.54) is 18.3 Å². The van der Waals surface area contributed by atoms with E-state index in [4.69, 9.17) is 11.6 Å². The second-order valence-corrected chi connectivity index (χ2v) is 8.24. The molecular weight excluding hydrogens is 431 g/mol. The zero-order valence-electron chi connectivity index (χ0n) is 16.7. The number of nitrogens with zero attached hydrogens (tertiary/aromatic N) is 2. The lowest BCUT2D eigenvalue weighted by atomic mass is 9.90. The molecule has 2 aromatic heterocycles. The molecule has 1 saturated carbocycles. The largest absolute Gasteiger partial charge is 0.433 e. The number of carbonyl (C=O) groups is 1. The van der Waals surface area contributed by atoms with Gasteiger partial charge in [0.25, 0.3) is 5.91 Å². The van der Waals surface area contributed by atoms with Crippen LogP contribution in [0.15, 0.2) is 30.5 Å². The standard InChI is InChI=1S/C21H21ClF3N5O/c1-11-16(10-26-30-11)20(31)28-14-4-2-3-13(8-14)27-18-9-19(21(23,24)25)29-17-6-5-12(22)7-15(17)18/h5-7,9-10,13-14H,2-4,8H2,1H3,(H,26,30)(H,27,29)(H,28,31)/t13-,14+/m0/s1. The fourth-order valence-electron chi connectivity index (χ4n) is 3.98. The molecule has 1 aliphatic carbocycles. The van der Waals surface area contributed by atoms with Gasteiger partial charge < -0.3 is 10.6 Å². The average Bonchev–Trinajstić information content (AvgIpc) is 3.14. The number of anilines is 1. The quantitative estimate of drug-likeness (QED) is 0.516. The van der Waals surface area contributed by atoms with Crippen molar-refractivity contribution in [1.29, 1.82) is 0 Å². The summed E-state index contributed by atoms with van der Waals surface area (Å²) in [6.07, 6.45) is -0.0673. The Morgan fingerprint density at radius 3 is 2.71 bits per heavy atom. The lowest BCUT2D eigenvalue weighted by molar-refractivity contribution is -0.140. The minimum Gasteiger partial charge on any atom is -0.382 e. The number of hydrogen-bond acceptors (Lipinski definition) is 4. The van der Waals surface area contributed by atoms with Gasteiger partial charge in [-0.3, -0.25) is 9.89 Å². The van der Waals surface area contributed by atoms with E-state index >= 15 is 0 Å². The van der Waals surface area contributed by atoms with Gasteiger partial charge in [0, 0.05) is 33.9 Å². The first-order valence-corrected chi connectivity index (χ1v) is 10.3. The van der Waals surface area contributed by atoms with Crippen molar-refractivity contribution in [1.82, 2.24) is 20.5 Å². The minimum absolute atomic E-state index is 0.0909. The maximum Gasteiger partial charge on any atom is 0.433 e. The highest BCUT2D eigenvalue weighted by atomic mass is 35.5.